The maximum atomic E-state index is 12.6. The average Bonchev–Trinajstić information content (AvgIpc) is 2.71. The lowest BCUT2D eigenvalue weighted by atomic mass is 10.1. The third-order valence-corrected chi connectivity index (χ3v) is 4.54. The lowest BCUT2D eigenvalue weighted by Gasteiger charge is -2.11. The van der Waals surface area contributed by atoms with E-state index in [2.05, 4.69) is 46.6 Å². The van der Waals surface area contributed by atoms with Gasteiger partial charge in [0.05, 0.1) is 23.1 Å². The standard InChI is InChI=1S/C23H20N4O/c1-15-8-10-19(16(2)13-15)26-18-9-11-21(25-14-18)23(28)27-20-7-3-5-17-6-4-12-24-22(17)20/h3-14,26H,1-2H3,(H,27,28). The Kier molecular flexibility index (Phi) is 4.72. The van der Waals surface area contributed by atoms with Crippen molar-refractivity contribution in [1.82, 2.24) is 9.97 Å². The molecule has 5 nitrogen and oxygen atoms in total. The van der Waals surface area contributed by atoms with Crippen molar-refractivity contribution in [3.05, 3.63) is 89.9 Å². The zero-order valence-electron chi connectivity index (χ0n) is 15.7. The van der Waals surface area contributed by atoms with Gasteiger partial charge in [0.2, 0.25) is 0 Å². The van der Waals surface area contributed by atoms with Crippen molar-refractivity contribution in [1.29, 1.82) is 0 Å². The average molecular weight is 368 g/mol. The number of aromatic nitrogens is 2. The number of hydrogen-bond donors (Lipinski definition) is 2. The number of rotatable bonds is 4. The minimum Gasteiger partial charge on any atom is -0.354 e. The predicted octanol–water partition coefficient (Wildman–Crippen LogP) is 5.24. The van der Waals surface area contributed by atoms with E-state index in [0.717, 1.165) is 27.8 Å². The van der Waals surface area contributed by atoms with Crippen molar-refractivity contribution in [2.75, 3.05) is 10.6 Å². The summed E-state index contributed by atoms with van der Waals surface area (Å²) >= 11 is 0. The van der Waals surface area contributed by atoms with Gasteiger partial charge in [0.1, 0.15) is 5.69 Å². The van der Waals surface area contributed by atoms with Crippen molar-refractivity contribution in [2.45, 2.75) is 13.8 Å². The van der Waals surface area contributed by atoms with Crippen LogP contribution in [0.3, 0.4) is 0 Å². The van der Waals surface area contributed by atoms with Crippen LogP contribution in [0.1, 0.15) is 21.6 Å². The van der Waals surface area contributed by atoms with Gasteiger partial charge in [-0.3, -0.25) is 9.78 Å². The van der Waals surface area contributed by atoms with E-state index < -0.39 is 0 Å². The molecule has 2 aromatic carbocycles. The van der Waals surface area contributed by atoms with E-state index in [1.807, 2.05) is 42.5 Å². The smallest absolute Gasteiger partial charge is 0.274 e. The van der Waals surface area contributed by atoms with Crippen LogP contribution in [0.4, 0.5) is 17.1 Å². The Hall–Kier alpha value is -3.73. The van der Waals surface area contributed by atoms with Gasteiger partial charge in [-0.1, -0.05) is 35.9 Å². The number of carbonyl (C=O) groups excluding carboxylic acids is 1. The van der Waals surface area contributed by atoms with Crippen molar-refractivity contribution < 1.29 is 4.79 Å². The fraction of sp³-hybridized carbons (Fsp3) is 0.0870. The lowest BCUT2D eigenvalue weighted by Crippen LogP contribution is -2.14. The monoisotopic (exact) mass is 368 g/mol. The molecule has 0 spiro atoms. The summed E-state index contributed by atoms with van der Waals surface area (Å²) in [5, 5.41) is 7.21. The molecule has 28 heavy (non-hydrogen) atoms. The number of carbonyl (C=O) groups is 1. The third-order valence-electron chi connectivity index (χ3n) is 4.54. The fourth-order valence-corrected chi connectivity index (χ4v) is 3.10. The number of pyridine rings is 2. The van der Waals surface area contributed by atoms with Crippen LogP contribution in [0.2, 0.25) is 0 Å². The highest BCUT2D eigenvalue weighted by molar-refractivity contribution is 6.07. The van der Waals surface area contributed by atoms with E-state index in [1.54, 1.807) is 18.5 Å². The second kappa shape index (κ2) is 7.48. The molecule has 4 aromatic rings. The van der Waals surface area contributed by atoms with Gasteiger partial charge < -0.3 is 10.6 Å². The first-order chi connectivity index (χ1) is 13.6. The molecule has 0 radical (unpaired) electrons. The van der Waals surface area contributed by atoms with Crippen LogP contribution in [0.15, 0.2) is 73.1 Å². The number of amides is 1. The molecule has 0 saturated heterocycles. The molecule has 1 amide bonds. The first-order valence-electron chi connectivity index (χ1n) is 9.05. The molecule has 0 fully saturated rings. The molecule has 0 aliphatic carbocycles. The van der Waals surface area contributed by atoms with Gasteiger partial charge in [0.25, 0.3) is 5.91 Å². The van der Waals surface area contributed by atoms with Gasteiger partial charge >= 0.3 is 0 Å². The first kappa shape index (κ1) is 17.7. The molecule has 2 aromatic heterocycles. The van der Waals surface area contributed by atoms with Crippen LogP contribution in [0, 0.1) is 13.8 Å². The van der Waals surface area contributed by atoms with Crippen LogP contribution in [0.25, 0.3) is 10.9 Å². The molecule has 138 valence electrons. The third kappa shape index (κ3) is 3.69. The summed E-state index contributed by atoms with van der Waals surface area (Å²) < 4.78 is 0. The Morgan fingerprint density at radius 3 is 2.54 bits per heavy atom. The minimum atomic E-state index is -0.267. The Morgan fingerprint density at radius 1 is 0.893 bits per heavy atom. The fourth-order valence-electron chi connectivity index (χ4n) is 3.10. The molecular formula is C23H20N4O. The minimum absolute atomic E-state index is 0.267. The van der Waals surface area contributed by atoms with E-state index in [4.69, 9.17) is 0 Å². The number of aryl methyl sites for hydroxylation is 2. The van der Waals surface area contributed by atoms with Gasteiger partial charge in [0, 0.05) is 17.3 Å². The summed E-state index contributed by atoms with van der Waals surface area (Å²) in [6, 6.07) is 19.3. The highest BCUT2D eigenvalue weighted by Crippen LogP contribution is 2.23. The zero-order valence-corrected chi connectivity index (χ0v) is 15.7. The van der Waals surface area contributed by atoms with Crippen LogP contribution in [0.5, 0.6) is 0 Å². The van der Waals surface area contributed by atoms with Gasteiger partial charge in [-0.05, 0) is 49.7 Å². The van der Waals surface area contributed by atoms with E-state index in [1.165, 1.54) is 5.56 Å². The van der Waals surface area contributed by atoms with Crippen LogP contribution in [-0.4, -0.2) is 15.9 Å². The zero-order chi connectivity index (χ0) is 19.5. The maximum Gasteiger partial charge on any atom is 0.274 e. The molecule has 0 aliphatic rings. The number of para-hydroxylation sites is 1. The summed E-state index contributed by atoms with van der Waals surface area (Å²) in [6.45, 7) is 4.12. The van der Waals surface area contributed by atoms with Gasteiger partial charge in [-0.2, -0.15) is 0 Å². The molecule has 0 unspecified atom stereocenters. The Morgan fingerprint density at radius 2 is 1.75 bits per heavy atom. The van der Waals surface area contributed by atoms with E-state index in [-0.39, 0.29) is 5.91 Å². The quantitative estimate of drug-likeness (QED) is 0.517. The Balaban J connectivity index is 1.51. The summed E-state index contributed by atoms with van der Waals surface area (Å²) in [5.74, 6) is -0.267. The molecule has 5 heteroatoms. The van der Waals surface area contributed by atoms with E-state index in [0.29, 0.717) is 11.4 Å². The summed E-state index contributed by atoms with van der Waals surface area (Å²) in [5.41, 5.74) is 6.00. The van der Waals surface area contributed by atoms with Crippen molar-refractivity contribution in [2.24, 2.45) is 0 Å². The van der Waals surface area contributed by atoms with Crippen molar-refractivity contribution >= 4 is 33.9 Å². The molecule has 0 bridgehead atoms. The second-order valence-electron chi connectivity index (χ2n) is 6.71. The molecule has 0 saturated carbocycles. The van der Waals surface area contributed by atoms with Gasteiger partial charge in [0.15, 0.2) is 0 Å². The molecule has 2 heterocycles. The summed E-state index contributed by atoms with van der Waals surface area (Å²) in [7, 11) is 0. The van der Waals surface area contributed by atoms with Gasteiger partial charge in [-0.25, -0.2) is 4.98 Å². The number of nitrogens with zero attached hydrogens (tertiary/aromatic N) is 2. The lowest BCUT2D eigenvalue weighted by molar-refractivity contribution is 0.102. The number of anilines is 3. The first-order valence-corrected chi connectivity index (χ1v) is 9.05. The largest absolute Gasteiger partial charge is 0.354 e. The highest BCUT2D eigenvalue weighted by atomic mass is 16.1. The van der Waals surface area contributed by atoms with Crippen LogP contribution < -0.4 is 10.6 Å². The number of fused-ring (bicyclic) bond motifs is 1. The maximum absolute atomic E-state index is 12.6. The van der Waals surface area contributed by atoms with E-state index in [9.17, 15) is 4.79 Å². The Bertz CT molecular complexity index is 1150. The molecule has 2 N–H and O–H groups in total. The molecular weight excluding hydrogens is 348 g/mol. The summed E-state index contributed by atoms with van der Waals surface area (Å²) in [4.78, 5) is 21.3. The SMILES string of the molecule is Cc1ccc(Nc2ccc(C(=O)Nc3cccc4cccnc34)nc2)c(C)c1. The van der Waals surface area contributed by atoms with Crippen LogP contribution in [-0.2, 0) is 0 Å². The number of nitrogens with one attached hydrogen (secondary N) is 2. The number of hydrogen-bond acceptors (Lipinski definition) is 4. The van der Waals surface area contributed by atoms with Gasteiger partial charge in [-0.15, -0.1) is 0 Å². The van der Waals surface area contributed by atoms with Crippen molar-refractivity contribution in [3.8, 4) is 0 Å². The highest BCUT2D eigenvalue weighted by Gasteiger charge is 2.10. The Labute approximate surface area is 163 Å². The predicted molar refractivity (Wildman–Crippen MR) is 113 cm³/mol. The van der Waals surface area contributed by atoms with E-state index >= 15 is 0 Å². The topological polar surface area (TPSA) is 66.9 Å². The van der Waals surface area contributed by atoms with Crippen molar-refractivity contribution in [3.63, 3.8) is 0 Å². The molecule has 4 rings (SSSR count). The molecule has 0 atom stereocenters. The molecule has 0 aliphatic heterocycles. The second-order valence-corrected chi connectivity index (χ2v) is 6.71. The normalized spacial score (nSPS) is 10.6. The number of benzene rings is 2. The summed E-state index contributed by atoms with van der Waals surface area (Å²) in [6.07, 6.45) is 3.37. The van der Waals surface area contributed by atoms with Crippen LogP contribution >= 0.6 is 0 Å².